The minimum Gasteiger partial charge on any atom is -0.478 e. The van der Waals surface area contributed by atoms with Gasteiger partial charge in [-0.15, -0.1) is 0 Å². The first-order valence-electron chi connectivity index (χ1n) is 6.36. The molecule has 2 N–H and O–H groups in total. The first kappa shape index (κ1) is 12.2. The van der Waals surface area contributed by atoms with Crippen LogP contribution in [0, 0.1) is 0 Å². The van der Waals surface area contributed by atoms with Crippen LogP contribution in [-0.4, -0.2) is 34.7 Å². The number of carboxylic acid groups (broad SMARTS) is 1. The summed E-state index contributed by atoms with van der Waals surface area (Å²) >= 11 is 0. The SMILES string of the molecule is CC[C@H]1CCCCN1C1NC=CC=C1C(=O)O. The zero-order valence-corrected chi connectivity index (χ0v) is 10.2. The molecular weight excluding hydrogens is 216 g/mol. The molecule has 0 aromatic carbocycles. The predicted molar refractivity (Wildman–Crippen MR) is 66.4 cm³/mol. The summed E-state index contributed by atoms with van der Waals surface area (Å²) in [5, 5.41) is 12.4. The summed E-state index contributed by atoms with van der Waals surface area (Å²) in [5.41, 5.74) is 0.452. The number of dihydropyridines is 1. The number of hydrogen-bond acceptors (Lipinski definition) is 3. The van der Waals surface area contributed by atoms with Gasteiger partial charge in [-0.1, -0.05) is 13.3 Å². The van der Waals surface area contributed by atoms with E-state index >= 15 is 0 Å². The number of rotatable bonds is 3. The van der Waals surface area contributed by atoms with Gasteiger partial charge < -0.3 is 10.4 Å². The highest BCUT2D eigenvalue weighted by Gasteiger charge is 2.32. The van der Waals surface area contributed by atoms with Gasteiger partial charge in [-0.2, -0.15) is 0 Å². The van der Waals surface area contributed by atoms with Crippen molar-refractivity contribution in [3.8, 4) is 0 Å². The van der Waals surface area contributed by atoms with Crippen LogP contribution in [0.2, 0.25) is 0 Å². The monoisotopic (exact) mass is 236 g/mol. The molecule has 0 spiro atoms. The summed E-state index contributed by atoms with van der Waals surface area (Å²) in [6, 6.07) is 0.496. The Balaban J connectivity index is 2.17. The largest absolute Gasteiger partial charge is 0.478 e. The van der Waals surface area contributed by atoms with E-state index in [1.807, 2.05) is 6.20 Å². The summed E-state index contributed by atoms with van der Waals surface area (Å²) in [5.74, 6) is -0.827. The Morgan fingerprint density at radius 1 is 1.59 bits per heavy atom. The predicted octanol–water partition coefficient (Wildman–Crippen LogP) is 1.70. The first-order chi connectivity index (χ1) is 8.24. The molecule has 0 bridgehead atoms. The summed E-state index contributed by atoms with van der Waals surface area (Å²) in [6.45, 7) is 3.15. The van der Waals surface area contributed by atoms with Crippen molar-refractivity contribution in [2.24, 2.45) is 0 Å². The maximum atomic E-state index is 11.2. The molecule has 0 saturated carbocycles. The Kier molecular flexibility index (Phi) is 3.84. The van der Waals surface area contributed by atoms with Gasteiger partial charge in [-0.05, 0) is 37.6 Å². The fourth-order valence-corrected chi connectivity index (χ4v) is 2.74. The van der Waals surface area contributed by atoms with Gasteiger partial charge in [0.1, 0.15) is 6.17 Å². The Bertz CT molecular complexity index is 349. The molecule has 2 atom stereocenters. The van der Waals surface area contributed by atoms with Crippen LogP contribution in [0.1, 0.15) is 32.6 Å². The molecule has 1 unspecified atom stereocenters. The van der Waals surface area contributed by atoms with Crippen molar-refractivity contribution in [2.75, 3.05) is 6.54 Å². The lowest BCUT2D eigenvalue weighted by atomic mass is 9.97. The summed E-state index contributed by atoms with van der Waals surface area (Å²) in [6.07, 6.45) is 9.78. The number of piperidine rings is 1. The van der Waals surface area contributed by atoms with E-state index in [-0.39, 0.29) is 6.17 Å². The molecular formula is C13H20N2O2. The number of carboxylic acids is 1. The van der Waals surface area contributed by atoms with E-state index in [0.717, 1.165) is 19.4 Å². The molecule has 94 valence electrons. The lowest BCUT2D eigenvalue weighted by Gasteiger charge is -2.41. The van der Waals surface area contributed by atoms with Gasteiger partial charge in [-0.3, -0.25) is 4.90 Å². The normalized spacial score (nSPS) is 29.6. The van der Waals surface area contributed by atoms with Gasteiger partial charge >= 0.3 is 5.97 Å². The lowest BCUT2D eigenvalue weighted by molar-refractivity contribution is -0.133. The average molecular weight is 236 g/mol. The van der Waals surface area contributed by atoms with Crippen LogP contribution < -0.4 is 5.32 Å². The zero-order chi connectivity index (χ0) is 12.3. The smallest absolute Gasteiger partial charge is 0.335 e. The van der Waals surface area contributed by atoms with E-state index in [1.54, 1.807) is 12.2 Å². The van der Waals surface area contributed by atoms with Gasteiger partial charge in [0, 0.05) is 12.6 Å². The number of likely N-dealkylation sites (tertiary alicyclic amines) is 1. The number of carbonyl (C=O) groups is 1. The van der Waals surface area contributed by atoms with Crippen molar-refractivity contribution in [3.63, 3.8) is 0 Å². The Hall–Kier alpha value is -1.29. The molecule has 2 heterocycles. The minimum absolute atomic E-state index is 0.164. The molecule has 4 nitrogen and oxygen atoms in total. The fourth-order valence-electron chi connectivity index (χ4n) is 2.74. The third-order valence-corrected chi connectivity index (χ3v) is 3.64. The van der Waals surface area contributed by atoms with Crippen LogP contribution in [0.4, 0.5) is 0 Å². The first-order valence-corrected chi connectivity index (χ1v) is 6.36. The lowest BCUT2D eigenvalue weighted by Crippen LogP contribution is -2.53. The van der Waals surface area contributed by atoms with Crippen LogP contribution in [0.3, 0.4) is 0 Å². The van der Waals surface area contributed by atoms with Crippen molar-refractivity contribution in [2.45, 2.75) is 44.8 Å². The third kappa shape index (κ3) is 2.52. The quantitative estimate of drug-likeness (QED) is 0.783. The number of hydrogen-bond donors (Lipinski definition) is 2. The molecule has 2 aliphatic heterocycles. The van der Waals surface area contributed by atoms with Crippen LogP contribution >= 0.6 is 0 Å². The molecule has 0 aromatic rings. The van der Waals surface area contributed by atoms with Gasteiger partial charge in [0.15, 0.2) is 0 Å². The maximum Gasteiger partial charge on any atom is 0.335 e. The van der Waals surface area contributed by atoms with Gasteiger partial charge in [0.25, 0.3) is 0 Å². The van der Waals surface area contributed by atoms with Crippen LogP contribution in [0.15, 0.2) is 23.9 Å². The van der Waals surface area contributed by atoms with Gasteiger partial charge in [-0.25, -0.2) is 4.79 Å². The standard InChI is InChI=1S/C13H20N2O2/c1-2-10-6-3-4-9-15(10)12-11(13(16)17)7-5-8-14-12/h5,7-8,10,12,14H,2-4,6,9H2,1H3,(H,16,17)/t10-,12?/m0/s1. The van der Waals surface area contributed by atoms with E-state index in [0.29, 0.717) is 11.6 Å². The number of allylic oxidation sites excluding steroid dienone is 2. The molecule has 4 heteroatoms. The van der Waals surface area contributed by atoms with Crippen molar-refractivity contribution >= 4 is 5.97 Å². The third-order valence-electron chi connectivity index (χ3n) is 3.64. The molecule has 0 aromatic heterocycles. The molecule has 0 amide bonds. The molecule has 17 heavy (non-hydrogen) atoms. The maximum absolute atomic E-state index is 11.2. The number of nitrogens with one attached hydrogen (secondary N) is 1. The molecule has 1 saturated heterocycles. The van der Waals surface area contributed by atoms with Crippen molar-refractivity contribution in [1.82, 2.24) is 10.2 Å². The Labute approximate surface area is 102 Å². The van der Waals surface area contributed by atoms with Crippen molar-refractivity contribution in [1.29, 1.82) is 0 Å². The summed E-state index contributed by atoms with van der Waals surface area (Å²) in [4.78, 5) is 13.5. The second-order valence-corrected chi connectivity index (χ2v) is 4.65. The molecule has 0 aliphatic carbocycles. The van der Waals surface area contributed by atoms with E-state index < -0.39 is 5.97 Å². The molecule has 1 fully saturated rings. The van der Waals surface area contributed by atoms with Gasteiger partial charge in [0.2, 0.25) is 0 Å². The molecule has 2 rings (SSSR count). The highest BCUT2D eigenvalue weighted by atomic mass is 16.4. The second-order valence-electron chi connectivity index (χ2n) is 4.65. The van der Waals surface area contributed by atoms with E-state index in [4.69, 9.17) is 0 Å². The van der Waals surface area contributed by atoms with Crippen LogP contribution in [-0.2, 0) is 4.79 Å². The highest BCUT2D eigenvalue weighted by molar-refractivity contribution is 5.88. The highest BCUT2D eigenvalue weighted by Crippen LogP contribution is 2.25. The van der Waals surface area contributed by atoms with E-state index in [2.05, 4.69) is 17.1 Å². The summed E-state index contributed by atoms with van der Waals surface area (Å²) < 4.78 is 0. The van der Waals surface area contributed by atoms with Gasteiger partial charge in [0.05, 0.1) is 5.57 Å². The van der Waals surface area contributed by atoms with Crippen LogP contribution in [0.5, 0.6) is 0 Å². The van der Waals surface area contributed by atoms with Crippen molar-refractivity contribution in [3.05, 3.63) is 23.9 Å². The minimum atomic E-state index is -0.827. The average Bonchev–Trinajstić information content (AvgIpc) is 2.38. The number of aliphatic carboxylic acids is 1. The van der Waals surface area contributed by atoms with E-state index in [9.17, 15) is 9.90 Å². The molecule has 2 aliphatic rings. The van der Waals surface area contributed by atoms with Crippen LogP contribution in [0.25, 0.3) is 0 Å². The zero-order valence-electron chi connectivity index (χ0n) is 10.2. The van der Waals surface area contributed by atoms with E-state index in [1.165, 1.54) is 12.8 Å². The Morgan fingerprint density at radius 3 is 3.12 bits per heavy atom. The Morgan fingerprint density at radius 2 is 2.41 bits per heavy atom. The topological polar surface area (TPSA) is 52.6 Å². The number of nitrogens with zero attached hydrogens (tertiary/aromatic N) is 1. The fraction of sp³-hybridized carbons (Fsp3) is 0.615. The van der Waals surface area contributed by atoms with Crippen molar-refractivity contribution < 1.29 is 9.90 Å². The molecule has 0 radical (unpaired) electrons. The summed E-state index contributed by atoms with van der Waals surface area (Å²) in [7, 11) is 0. The second kappa shape index (κ2) is 5.36.